The maximum atomic E-state index is 6.23. The Bertz CT molecular complexity index is 922. The molecule has 2 heterocycles. The minimum absolute atomic E-state index is 0.112. The molecule has 0 saturated carbocycles. The average molecular weight is 404 g/mol. The van der Waals surface area contributed by atoms with E-state index in [0.717, 1.165) is 35.7 Å². The molecule has 27 heavy (non-hydrogen) atoms. The van der Waals surface area contributed by atoms with Crippen LogP contribution in [0.5, 0.6) is 0 Å². The van der Waals surface area contributed by atoms with Gasteiger partial charge in [0.2, 0.25) is 0 Å². The van der Waals surface area contributed by atoms with Crippen molar-refractivity contribution in [2.24, 2.45) is 0 Å². The largest absolute Gasteiger partial charge is 0.379 e. The van der Waals surface area contributed by atoms with Crippen molar-refractivity contribution in [1.29, 1.82) is 0 Å². The van der Waals surface area contributed by atoms with Gasteiger partial charge in [-0.2, -0.15) is 4.68 Å². The molecule has 0 amide bonds. The van der Waals surface area contributed by atoms with Crippen molar-refractivity contribution in [3.63, 3.8) is 0 Å². The van der Waals surface area contributed by atoms with Gasteiger partial charge in [0.15, 0.2) is 5.82 Å². The highest BCUT2D eigenvalue weighted by Gasteiger charge is 2.30. The van der Waals surface area contributed by atoms with Gasteiger partial charge in [0.1, 0.15) is 0 Å². The number of benzene rings is 2. The van der Waals surface area contributed by atoms with Crippen LogP contribution in [-0.4, -0.2) is 51.4 Å². The molecule has 2 aromatic carbocycles. The van der Waals surface area contributed by atoms with Gasteiger partial charge in [0.05, 0.1) is 24.9 Å². The Kier molecular flexibility index (Phi) is 5.41. The van der Waals surface area contributed by atoms with Gasteiger partial charge in [-0.15, -0.1) is 5.10 Å². The zero-order valence-electron chi connectivity index (χ0n) is 14.8. The van der Waals surface area contributed by atoms with Crippen molar-refractivity contribution in [3.8, 4) is 5.69 Å². The van der Waals surface area contributed by atoms with Gasteiger partial charge in [-0.25, -0.2) is 0 Å². The van der Waals surface area contributed by atoms with E-state index in [1.54, 1.807) is 4.68 Å². The number of hydrogen-bond acceptors (Lipinski definition) is 5. The van der Waals surface area contributed by atoms with Crippen LogP contribution in [0.3, 0.4) is 0 Å². The number of rotatable bonds is 4. The Balaban J connectivity index is 1.82. The number of hydrogen-bond donors (Lipinski definition) is 0. The van der Waals surface area contributed by atoms with Crippen LogP contribution in [0.1, 0.15) is 23.0 Å². The zero-order valence-corrected chi connectivity index (χ0v) is 16.4. The number of nitrogens with zero attached hydrogens (tertiary/aromatic N) is 5. The summed E-state index contributed by atoms with van der Waals surface area (Å²) in [7, 11) is 0. The normalized spacial score (nSPS) is 16.4. The molecule has 4 rings (SSSR count). The Labute approximate surface area is 167 Å². The maximum absolute atomic E-state index is 6.23. The van der Waals surface area contributed by atoms with E-state index in [-0.39, 0.29) is 6.04 Å². The van der Waals surface area contributed by atoms with E-state index in [2.05, 4.69) is 20.4 Å². The van der Waals surface area contributed by atoms with Gasteiger partial charge in [0.25, 0.3) is 0 Å². The lowest BCUT2D eigenvalue weighted by Gasteiger charge is -2.34. The molecule has 1 atom stereocenters. The third-order valence-electron chi connectivity index (χ3n) is 4.73. The summed E-state index contributed by atoms with van der Waals surface area (Å²) in [6.45, 7) is 4.98. The minimum Gasteiger partial charge on any atom is -0.379 e. The van der Waals surface area contributed by atoms with Crippen LogP contribution in [0.4, 0.5) is 0 Å². The molecule has 1 aromatic heterocycles. The van der Waals surface area contributed by atoms with Crippen molar-refractivity contribution >= 4 is 23.2 Å². The van der Waals surface area contributed by atoms with E-state index >= 15 is 0 Å². The molecule has 0 unspecified atom stereocenters. The summed E-state index contributed by atoms with van der Waals surface area (Å²) in [4.78, 5) is 2.33. The third-order valence-corrected chi connectivity index (χ3v) is 5.22. The van der Waals surface area contributed by atoms with Crippen molar-refractivity contribution in [2.75, 3.05) is 26.3 Å². The minimum atomic E-state index is -0.112. The van der Waals surface area contributed by atoms with Crippen LogP contribution in [0.25, 0.3) is 5.69 Å². The van der Waals surface area contributed by atoms with Crippen LogP contribution in [0.15, 0.2) is 42.5 Å². The summed E-state index contributed by atoms with van der Waals surface area (Å²) < 4.78 is 7.31. The molecular formula is C19H19Cl2N5O. The van der Waals surface area contributed by atoms with Gasteiger partial charge >= 0.3 is 0 Å². The van der Waals surface area contributed by atoms with Crippen molar-refractivity contribution in [2.45, 2.75) is 13.0 Å². The molecule has 0 radical (unpaired) electrons. The number of ether oxygens (including phenoxy) is 1. The lowest BCUT2D eigenvalue weighted by atomic mass is 10.0. The summed E-state index contributed by atoms with van der Waals surface area (Å²) in [6.07, 6.45) is 0. The Morgan fingerprint density at radius 2 is 1.70 bits per heavy atom. The number of aromatic nitrogens is 4. The number of aryl methyl sites for hydroxylation is 1. The molecule has 0 aliphatic carbocycles. The van der Waals surface area contributed by atoms with E-state index in [9.17, 15) is 0 Å². The molecule has 8 heteroatoms. The monoisotopic (exact) mass is 403 g/mol. The third kappa shape index (κ3) is 3.84. The summed E-state index contributed by atoms with van der Waals surface area (Å²) in [5, 5.41) is 13.9. The maximum Gasteiger partial charge on any atom is 0.178 e. The molecule has 0 N–H and O–H groups in total. The fourth-order valence-electron chi connectivity index (χ4n) is 3.35. The first-order valence-electron chi connectivity index (χ1n) is 8.75. The van der Waals surface area contributed by atoms with Crippen molar-refractivity contribution in [3.05, 3.63) is 69.5 Å². The lowest BCUT2D eigenvalue weighted by Crippen LogP contribution is -2.40. The van der Waals surface area contributed by atoms with Crippen LogP contribution in [0.2, 0.25) is 10.0 Å². The van der Waals surface area contributed by atoms with Crippen LogP contribution >= 0.6 is 23.2 Å². The topological polar surface area (TPSA) is 56.1 Å². The van der Waals surface area contributed by atoms with Crippen LogP contribution < -0.4 is 0 Å². The lowest BCUT2D eigenvalue weighted by molar-refractivity contribution is 0.0220. The molecule has 1 aliphatic heterocycles. The molecule has 1 aliphatic rings. The Morgan fingerprint density at radius 3 is 2.44 bits per heavy atom. The summed E-state index contributed by atoms with van der Waals surface area (Å²) in [5.41, 5.74) is 3.00. The predicted molar refractivity (Wildman–Crippen MR) is 105 cm³/mol. The van der Waals surface area contributed by atoms with Gasteiger partial charge in [-0.05, 0) is 52.7 Å². The highest BCUT2D eigenvalue weighted by molar-refractivity contribution is 6.31. The van der Waals surface area contributed by atoms with E-state index in [0.29, 0.717) is 23.3 Å². The van der Waals surface area contributed by atoms with E-state index < -0.39 is 0 Å². The molecular weight excluding hydrogens is 385 g/mol. The van der Waals surface area contributed by atoms with Crippen molar-refractivity contribution < 1.29 is 4.74 Å². The standard InChI is InChI=1S/C19H19Cl2N5O/c1-13-2-5-16(21)12-17(13)26-19(22-23-24-26)18(25-8-10-27-11-9-25)14-3-6-15(20)7-4-14/h2-7,12,18H,8-11H2,1H3/t18-/m0/s1. The first-order chi connectivity index (χ1) is 13.1. The Morgan fingerprint density at radius 1 is 1.00 bits per heavy atom. The number of halogens is 2. The van der Waals surface area contributed by atoms with Gasteiger partial charge in [0, 0.05) is 23.1 Å². The summed E-state index contributed by atoms with van der Waals surface area (Å²) in [5.74, 6) is 0.740. The number of tetrazole rings is 1. The smallest absolute Gasteiger partial charge is 0.178 e. The molecule has 1 fully saturated rings. The molecule has 0 spiro atoms. The number of morpholine rings is 1. The molecule has 6 nitrogen and oxygen atoms in total. The van der Waals surface area contributed by atoms with Crippen molar-refractivity contribution in [1.82, 2.24) is 25.1 Å². The van der Waals surface area contributed by atoms with Crippen LogP contribution in [0, 0.1) is 6.92 Å². The van der Waals surface area contributed by atoms with Crippen LogP contribution in [-0.2, 0) is 4.74 Å². The quantitative estimate of drug-likeness (QED) is 0.664. The molecule has 140 valence electrons. The fraction of sp³-hybridized carbons (Fsp3) is 0.316. The second-order valence-electron chi connectivity index (χ2n) is 6.48. The zero-order chi connectivity index (χ0) is 18.8. The van der Waals surface area contributed by atoms with Gasteiger partial charge < -0.3 is 4.74 Å². The molecule has 3 aromatic rings. The van der Waals surface area contributed by atoms with E-state index in [1.807, 2.05) is 49.4 Å². The SMILES string of the molecule is Cc1ccc(Cl)cc1-n1nnnc1[C@H](c1ccc(Cl)cc1)N1CCOCC1. The summed E-state index contributed by atoms with van der Waals surface area (Å²) in [6, 6.07) is 13.4. The molecule has 0 bridgehead atoms. The highest BCUT2D eigenvalue weighted by atomic mass is 35.5. The molecule has 1 saturated heterocycles. The fourth-order valence-corrected chi connectivity index (χ4v) is 3.64. The van der Waals surface area contributed by atoms with Gasteiger partial charge in [-0.1, -0.05) is 41.4 Å². The second-order valence-corrected chi connectivity index (χ2v) is 7.35. The van der Waals surface area contributed by atoms with Gasteiger partial charge in [-0.3, -0.25) is 4.90 Å². The Hall–Kier alpha value is -1.99. The first-order valence-corrected chi connectivity index (χ1v) is 9.51. The van der Waals surface area contributed by atoms with E-state index in [1.165, 1.54) is 0 Å². The van der Waals surface area contributed by atoms with E-state index in [4.69, 9.17) is 27.9 Å². The average Bonchev–Trinajstić information content (AvgIpc) is 3.15. The predicted octanol–water partition coefficient (Wildman–Crippen LogP) is 3.70. The second kappa shape index (κ2) is 7.94. The summed E-state index contributed by atoms with van der Waals surface area (Å²) >= 11 is 12.3. The first kappa shape index (κ1) is 18.4. The highest BCUT2D eigenvalue weighted by Crippen LogP contribution is 2.31.